The largest absolute Gasteiger partial charge is 0.334 e. The van der Waals surface area contributed by atoms with E-state index in [0.717, 1.165) is 39.0 Å². The summed E-state index contributed by atoms with van der Waals surface area (Å²) in [6, 6.07) is 6.39. The third kappa shape index (κ3) is 4.80. The summed E-state index contributed by atoms with van der Waals surface area (Å²) in [4.78, 5) is 16.1. The van der Waals surface area contributed by atoms with Gasteiger partial charge in [-0.25, -0.2) is 8.42 Å². The van der Waals surface area contributed by atoms with Crippen LogP contribution in [0, 0.1) is 0 Å². The Bertz CT molecular complexity index is 659. The first kappa shape index (κ1) is 19.9. The molecular weight excluding hydrogens is 338 g/mol. The van der Waals surface area contributed by atoms with Crippen molar-refractivity contribution in [2.45, 2.75) is 31.6 Å². The number of likely N-dealkylation sites (N-methyl/N-ethyl adjacent to an activating group) is 1. The van der Waals surface area contributed by atoms with Crippen LogP contribution in [0.4, 0.5) is 0 Å². The molecule has 0 unspecified atom stereocenters. The molecule has 0 saturated carbocycles. The Morgan fingerprint density at radius 3 is 2.08 bits per heavy atom. The molecule has 1 aromatic rings. The van der Waals surface area contributed by atoms with E-state index >= 15 is 0 Å². The summed E-state index contributed by atoms with van der Waals surface area (Å²) in [5, 5.41) is 0. The van der Waals surface area contributed by atoms with E-state index in [2.05, 4.69) is 7.05 Å². The average molecular weight is 369 g/mol. The Hall–Kier alpha value is -1.44. The van der Waals surface area contributed by atoms with Crippen molar-refractivity contribution in [1.82, 2.24) is 9.21 Å². The Morgan fingerprint density at radius 2 is 1.60 bits per heavy atom. The second kappa shape index (κ2) is 8.78. The number of amides is 1. The van der Waals surface area contributed by atoms with Gasteiger partial charge in [-0.2, -0.15) is 4.31 Å². The van der Waals surface area contributed by atoms with Crippen LogP contribution in [0.5, 0.6) is 0 Å². The molecule has 1 N–H and O–H groups in total. The number of nitrogens with one attached hydrogen (secondary N) is 1. The van der Waals surface area contributed by atoms with Crippen LogP contribution < -0.4 is 4.90 Å². The van der Waals surface area contributed by atoms with Crippen LogP contribution in [0.2, 0.25) is 0 Å². The first-order valence-electron chi connectivity index (χ1n) is 9.11. The van der Waals surface area contributed by atoms with Crippen LogP contribution >= 0.6 is 0 Å². The summed E-state index contributed by atoms with van der Waals surface area (Å²) in [6.07, 6.45) is 1.56. The maximum atomic E-state index is 12.8. The van der Waals surface area contributed by atoms with Crippen molar-refractivity contribution in [3.63, 3.8) is 0 Å². The second-order valence-electron chi connectivity index (χ2n) is 6.68. The van der Waals surface area contributed by atoms with Gasteiger partial charge in [-0.3, -0.25) is 4.79 Å². The van der Waals surface area contributed by atoms with Gasteiger partial charge in [-0.05, 0) is 37.1 Å². The van der Waals surface area contributed by atoms with E-state index in [-0.39, 0.29) is 10.8 Å². The fourth-order valence-electron chi connectivity index (χ4n) is 3.04. The van der Waals surface area contributed by atoms with Crippen LogP contribution in [0.3, 0.4) is 0 Å². The molecule has 0 atom stereocenters. The molecular formula is C18H30N3O3S+. The molecule has 0 radical (unpaired) electrons. The molecule has 1 saturated heterocycles. The lowest BCUT2D eigenvalue weighted by Gasteiger charge is -2.30. The third-order valence-electron chi connectivity index (χ3n) is 4.59. The smallest absolute Gasteiger partial charge is 0.254 e. The first-order chi connectivity index (χ1) is 11.9. The lowest BCUT2D eigenvalue weighted by molar-refractivity contribution is -0.883. The van der Waals surface area contributed by atoms with Gasteiger partial charge in [0.25, 0.3) is 5.91 Å². The number of piperazine rings is 1. The Kier molecular flexibility index (Phi) is 6.98. The highest BCUT2D eigenvalue weighted by atomic mass is 32.2. The summed E-state index contributed by atoms with van der Waals surface area (Å²) in [6.45, 7) is 8.34. The van der Waals surface area contributed by atoms with Gasteiger partial charge in [0, 0.05) is 18.7 Å². The van der Waals surface area contributed by atoms with Gasteiger partial charge in [-0.1, -0.05) is 13.8 Å². The van der Waals surface area contributed by atoms with E-state index in [1.165, 1.54) is 9.21 Å². The van der Waals surface area contributed by atoms with Crippen LogP contribution in [-0.4, -0.2) is 69.8 Å². The zero-order valence-corrected chi connectivity index (χ0v) is 16.3. The van der Waals surface area contributed by atoms with E-state index in [4.69, 9.17) is 0 Å². The molecule has 1 amide bonds. The molecule has 0 aromatic heterocycles. The van der Waals surface area contributed by atoms with E-state index in [0.29, 0.717) is 18.7 Å². The maximum absolute atomic E-state index is 12.8. The number of hydrogen-bond donors (Lipinski definition) is 1. The molecule has 1 aromatic carbocycles. The number of rotatable bonds is 7. The summed E-state index contributed by atoms with van der Waals surface area (Å²) in [5.74, 6) is -0.0181. The van der Waals surface area contributed by atoms with Crippen molar-refractivity contribution < 1.29 is 18.1 Å². The van der Waals surface area contributed by atoms with E-state index < -0.39 is 10.0 Å². The molecule has 25 heavy (non-hydrogen) atoms. The highest BCUT2D eigenvalue weighted by Crippen LogP contribution is 2.18. The fraction of sp³-hybridized carbons (Fsp3) is 0.611. The summed E-state index contributed by atoms with van der Waals surface area (Å²) in [5.41, 5.74) is 0.552. The topological polar surface area (TPSA) is 62.1 Å². The van der Waals surface area contributed by atoms with Gasteiger partial charge in [-0.15, -0.1) is 0 Å². The fourth-order valence-corrected chi connectivity index (χ4v) is 4.67. The number of carbonyl (C=O) groups is 1. The van der Waals surface area contributed by atoms with E-state index in [1.807, 2.05) is 18.7 Å². The van der Waals surface area contributed by atoms with Gasteiger partial charge in [0.1, 0.15) is 0 Å². The number of benzene rings is 1. The molecule has 7 heteroatoms. The second-order valence-corrected chi connectivity index (χ2v) is 8.62. The quantitative estimate of drug-likeness (QED) is 0.761. The standard InChI is InChI=1S/C18H29N3O3S/c1-4-10-21(11-5-2)25(23,24)17-8-6-16(7-9-17)18(22)20-14-12-19(3)13-15-20/h6-9H,4-5,10-15H2,1-3H3/p+1. The van der Waals surface area contributed by atoms with Crippen molar-refractivity contribution in [1.29, 1.82) is 0 Å². The predicted octanol–water partition coefficient (Wildman–Crippen LogP) is 0.468. The minimum absolute atomic E-state index is 0.0181. The van der Waals surface area contributed by atoms with Gasteiger partial charge >= 0.3 is 0 Å². The monoisotopic (exact) mass is 368 g/mol. The predicted molar refractivity (Wildman–Crippen MR) is 98.3 cm³/mol. The molecule has 140 valence electrons. The van der Waals surface area contributed by atoms with Crippen LogP contribution in [-0.2, 0) is 10.0 Å². The summed E-state index contributed by atoms with van der Waals surface area (Å²) < 4.78 is 27.0. The molecule has 1 heterocycles. The zero-order chi connectivity index (χ0) is 18.4. The van der Waals surface area contributed by atoms with Gasteiger partial charge in [0.2, 0.25) is 10.0 Å². The number of carbonyl (C=O) groups excluding carboxylic acids is 1. The van der Waals surface area contributed by atoms with Crippen LogP contribution in [0.15, 0.2) is 29.2 Å². The molecule has 0 bridgehead atoms. The molecule has 1 aliphatic rings. The number of nitrogens with zero attached hydrogens (tertiary/aromatic N) is 2. The van der Waals surface area contributed by atoms with Crippen LogP contribution in [0.25, 0.3) is 0 Å². The zero-order valence-electron chi connectivity index (χ0n) is 15.5. The van der Waals surface area contributed by atoms with Crippen molar-refractivity contribution >= 4 is 15.9 Å². The normalized spacial score (nSPS) is 16.4. The highest BCUT2D eigenvalue weighted by Gasteiger charge is 2.25. The minimum atomic E-state index is -3.49. The Morgan fingerprint density at radius 1 is 1.08 bits per heavy atom. The average Bonchev–Trinajstić information content (AvgIpc) is 2.61. The molecule has 6 nitrogen and oxygen atoms in total. The van der Waals surface area contributed by atoms with Crippen molar-refractivity contribution in [3.05, 3.63) is 29.8 Å². The molecule has 0 aliphatic carbocycles. The van der Waals surface area contributed by atoms with Gasteiger partial charge in [0.15, 0.2) is 0 Å². The minimum Gasteiger partial charge on any atom is -0.334 e. The highest BCUT2D eigenvalue weighted by molar-refractivity contribution is 7.89. The number of hydrogen-bond acceptors (Lipinski definition) is 3. The lowest BCUT2D eigenvalue weighted by atomic mass is 10.2. The molecule has 1 aliphatic heterocycles. The third-order valence-corrected chi connectivity index (χ3v) is 6.50. The molecule has 2 rings (SSSR count). The SMILES string of the molecule is CCCN(CCC)S(=O)(=O)c1ccc(C(=O)N2CC[NH+](C)CC2)cc1. The van der Waals surface area contributed by atoms with Crippen LogP contribution in [0.1, 0.15) is 37.0 Å². The lowest BCUT2D eigenvalue weighted by Crippen LogP contribution is -3.12. The summed E-state index contributed by atoms with van der Waals surface area (Å²) >= 11 is 0. The van der Waals surface area contributed by atoms with Gasteiger partial charge in [0.05, 0.1) is 38.1 Å². The Balaban J connectivity index is 2.14. The maximum Gasteiger partial charge on any atom is 0.254 e. The summed E-state index contributed by atoms with van der Waals surface area (Å²) in [7, 11) is -1.37. The molecule has 1 fully saturated rings. The number of quaternary nitrogens is 1. The van der Waals surface area contributed by atoms with Crippen molar-refractivity contribution in [3.8, 4) is 0 Å². The van der Waals surface area contributed by atoms with Crippen molar-refractivity contribution in [2.24, 2.45) is 0 Å². The van der Waals surface area contributed by atoms with E-state index in [9.17, 15) is 13.2 Å². The van der Waals surface area contributed by atoms with Gasteiger partial charge < -0.3 is 9.80 Å². The molecule has 0 spiro atoms. The number of sulfonamides is 1. The van der Waals surface area contributed by atoms with E-state index in [1.54, 1.807) is 24.3 Å². The van der Waals surface area contributed by atoms with Crippen molar-refractivity contribution in [2.75, 3.05) is 46.3 Å². The Labute approximate surface area is 151 Å². The first-order valence-corrected chi connectivity index (χ1v) is 10.5.